The minimum Gasteiger partial charge on any atom is -0.445 e. The maximum atomic E-state index is 11.7. The molecule has 1 fully saturated rings. The molecule has 0 aromatic heterocycles. The van der Waals surface area contributed by atoms with Crippen LogP contribution in [0.1, 0.15) is 37.7 Å². The third kappa shape index (κ3) is 6.10. The number of unbranched alkanes of at least 4 members (excludes halogenated alkanes) is 1. The quantitative estimate of drug-likeness (QED) is 0.662. The van der Waals surface area contributed by atoms with Gasteiger partial charge in [0.2, 0.25) is 11.8 Å². The Morgan fingerprint density at radius 2 is 2.00 bits per heavy atom. The van der Waals surface area contributed by atoms with E-state index in [2.05, 4.69) is 5.32 Å². The molecule has 2 rings (SSSR count). The Kier molecular flexibility index (Phi) is 7.25. The first-order valence-corrected chi connectivity index (χ1v) is 8.61. The molecule has 7 nitrogen and oxygen atoms in total. The van der Waals surface area contributed by atoms with E-state index in [-0.39, 0.29) is 12.5 Å². The number of benzene rings is 1. The van der Waals surface area contributed by atoms with Crippen LogP contribution in [0.15, 0.2) is 30.3 Å². The smallest absolute Gasteiger partial charge is 0.407 e. The van der Waals surface area contributed by atoms with Crippen LogP contribution in [0.3, 0.4) is 0 Å². The third-order valence-electron chi connectivity index (χ3n) is 4.20. The second-order valence-electron chi connectivity index (χ2n) is 6.09. The SMILES string of the molecule is NC(=O)C(CCCCNC(=O)OCc1ccccc1)N1CCCC1=O. The molecule has 0 bridgehead atoms. The van der Waals surface area contributed by atoms with Crippen LogP contribution in [0.2, 0.25) is 0 Å². The van der Waals surface area contributed by atoms with Gasteiger partial charge in [-0.3, -0.25) is 9.59 Å². The molecule has 1 aromatic rings. The molecule has 7 heteroatoms. The summed E-state index contributed by atoms with van der Waals surface area (Å²) in [6.07, 6.45) is 2.69. The molecule has 0 saturated carbocycles. The zero-order chi connectivity index (χ0) is 18.1. The molecule has 136 valence electrons. The van der Waals surface area contributed by atoms with Crippen molar-refractivity contribution in [3.63, 3.8) is 0 Å². The Morgan fingerprint density at radius 1 is 1.24 bits per heavy atom. The molecule has 3 N–H and O–H groups in total. The lowest BCUT2D eigenvalue weighted by Crippen LogP contribution is -2.45. The van der Waals surface area contributed by atoms with E-state index in [0.717, 1.165) is 12.0 Å². The second kappa shape index (κ2) is 9.66. The molecular weight excluding hydrogens is 322 g/mol. The summed E-state index contributed by atoms with van der Waals surface area (Å²) in [6.45, 7) is 1.27. The molecule has 3 amide bonds. The lowest BCUT2D eigenvalue weighted by atomic mass is 10.1. The minimum absolute atomic E-state index is 0.00795. The van der Waals surface area contributed by atoms with Crippen molar-refractivity contribution in [1.29, 1.82) is 0 Å². The standard InChI is InChI=1S/C18H25N3O4/c19-17(23)15(21-12-6-10-16(21)22)9-4-5-11-20-18(24)25-13-14-7-2-1-3-8-14/h1-3,7-8,15H,4-6,9-13H2,(H2,19,23)(H,20,24). The number of nitrogens with zero attached hydrogens (tertiary/aromatic N) is 1. The summed E-state index contributed by atoms with van der Waals surface area (Å²) in [7, 11) is 0. The molecule has 1 aromatic carbocycles. The topological polar surface area (TPSA) is 102 Å². The van der Waals surface area contributed by atoms with Crippen molar-refractivity contribution in [3.05, 3.63) is 35.9 Å². The van der Waals surface area contributed by atoms with Crippen LogP contribution in [0.25, 0.3) is 0 Å². The van der Waals surface area contributed by atoms with Crippen LogP contribution in [0.4, 0.5) is 4.79 Å². The third-order valence-corrected chi connectivity index (χ3v) is 4.20. The molecule has 0 aliphatic carbocycles. The Labute approximate surface area is 147 Å². The van der Waals surface area contributed by atoms with E-state index in [0.29, 0.717) is 38.8 Å². The van der Waals surface area contributed by atoms with Crippen molar-refractivity contribution in [3.8, 4) is 0 Å². The fourth-order valence-electron chi connectivity index (χ4n) is 2.88. The van der Waals surface area contributed by atoms with Gasteiger partial charge in [0.15, 0.2) is 0 Å². The number of hydrogen-bond acceptors (Lipinski definition) is 4. The number of nitrogens with one attached hydrogen (secondary N) is 1. The Bertz CT molecular complexity index is 591. The Morgan fingerprint density at radius 3 is 2.64 bits per heavy atom. The van der Waals surface area contributed by atoms with Gasteiger partial charge >= 0.3 is 6.09 Å². The second-order valence-corrected chi connectivity index (χ2v) is 6.09. The van der Waals surface area contributed by atoms with E-state index in [1.54, 1.807) is 4.90 Å². The summed E-state index contributed by atoms with van der Waals surface area (Å²) in [5, 5.41) is 2.68. The highest BCUT2D eigenvalue weighted by Gasteiger charge is 2.30. The summed E-state index contributed by atoms with van der Waals surface area (Å²) < 4.78 is 5.11. The number of likely N-dealkylation sites (tertiary alicyclic amines) is 1. The normalized spacial score (nSPS) is 15.0. The summed E-state index contributed by atoms with van der Waals surface area (Å²) in [4.78, 5) is 36.5. The number of carbonyl (C=O) groups is 3. The fourth-order valence-corrected chi connectivity index (χ4v) is 2.88. The first kappa shape index (κ1) is 18.8. The van der Waals surface area contributed by atoms with Crippen molar-refractivity contribution in [2.45, 2.75) is 44.8 Å². The molecule has 1 saturated heterocycles. The number of carbonyl (C=O) groups excluding carboxylic acids is 3. The van der Waals surface area contributed by atoms with Gasteiger partial charge < -0.3 is 20.7 Å². The van der Waals surface area contributed by atoms with E-state index in [4.69, 9.17) is 10.5 Å². The summed E-state index contributed by atoms with van der Waals surface area (Å²) in [5.41, 5.74) is 6.34. The average Bonchev–Trinajstić information content (AvgIpc) is 3.02. The molecule has 0 spiro atoms. The van der Waals surface area contributed by atoms with Gasteiger partial charge in [0, 0.05) is 19.5 Å². The monoisotopic (exact) mass is 347 g/mol. The van der Waals surface area contributed by atoms with Crippen molar-refractivity contribution in [2.24, 2.45) is 5.73 Å². The molecule has 25 heavy (non-hydrogen) atoms. The van der Waals surface area contributed by atoms with Crippen molar-refractivity contribution >= 4 is 17.9 Å². The number of alkyl carbamates (subject to hydrolysis) is 1. The zero-order valence-electron chi connectivity index (χ0n) is 14.3. The summed E-state index contributed by atoms with van der Waals surface area (Å²) in [5.74, 6) is -0.475. The van der Waals surface area contributed by atoms with Gasteiger partial charge in [-0.05, 0) is 31.2 Å². The van der Waals surface area contributed by atoms with E-state index < -0.39 is 18.0 Å². The maximum absolute atomic E-state index is 11.7. The van der Waals surface area contributed by atoms with Gasteiger partial charge in [0.05, 0.1) is 0 Å². The highest BCUT2D eigenvalue weighted by Crippen LogP contribution is 2.17. The van der Waals surface area contributed by atoms with Crippen LogP contribution < -0.4 is 11.1 Å². The Hall–Kier alpha value is -2.57. The van der Waals surface area contributed by atoms with Gasteiger partial charge in [-0.15, -0.1) is 0 Å². The summed E-state index contributed by atoms with van der Waals surface area (Å²) in [6, 6.07) is 8.90. The molecular formula is C18H25N3O4. The fraction of sp³-hybridized carbons (Fsp3) is 0.500. The number of ether oxygens (including phenoxy) is 1. The first-order valence-electron chi connectivity index (χ1n) is 8.61. The molecule has 1 aliphatic heterocycles. The van der Waals surface area contributed by atoms with Gasteiger partial charge in [0.1, 0.15) is 12.6 Å². The van der Waals surface area contributed by atoms with Crippen molar-refractivity contribution in [1.82, 2.24) is 10.2 Å². The zero-order valence-corrected chi connectivity index (χ0v) is 14.3. The van der Waals surface area contributed by atoms with E-state index >= 15 is 0 Å². The lowest BCUT2D eigenvalue weighted by molar-refractivity contribution is -0.136. The maximum Gasteiger partial charge on any atom is 0.407 e. The number of hydrogen-bond donors (Lipinski definition) is 2. The van der Waals surface area contributed by atoms with Crippen molar-refractivity contribution in [2.75, 3.05) is 13.1 Å². The van der Waals surface area contributed by atoms with Gasteiger partial charge in [-0.2, -0.15) is 0 Å². The molecule has 1 atom stereocenters. The predicted octanol–water partition coefficient (Wildman–Crippen LogP) is 1.56. The number of nitrogens with two attached hydrogens (primary N) is 1. The van der Waals surface area contributed by atoms with Crippen LogP contribution >= 0.6 is 0 Å². The number of primary amides is 1. The van der Waals surface area contributed by atoms with Crippen LogP contribution in [0, 0.1) is 0 Å². The van der Waals surface area contributed by atoms with Crippen LogP contribution in [0.5, 0.6) is 0 Å². The highest BCUT2D eigenvalue weighted by molar-refractivity contribution is 5.87. The first-order chi connectivity index (χ1) is 12.1. The van der Waals surface area contributed by atoms with E-state index in [9.17, 15) is 14.4 Å². The minimum atomic E-state index is -0.542. The molecule has 1 aliphatic rings. The molecule has 0 radical (unpaired) electrons. The average molecular weight is 347 g/mol. The molecule has 1 heterocycles. The molecule has 1 unspecified atom stereocenters. The van der Waals surface area contributed by atoms with Crippen molar-refractivity contribution < 1.29 is 19.1 Å². The summed E-state index contributed by atoms with van der Waals surface area (Å²) >= 11 is 0. The van der Waals surface area contributed by atoms with Gasteiger partial charge in [-0.1, -0.05) is 30.3 Å². The predicted molar refractivity (Wildman–Crippen MR) is 92.4 cm³/mol. The number of rotatable bonds is 9. The van der Waals surface area contributed by atoms with E-state index in [1.807, 2.05) is 30.3 Å². The lowest BCUT2D eigenvalue weighted by Gasteiger charge is -2.25. The van der Waals surface area contributed by atoms with Crippen LogP contribution in [-0.4, -0.2) is 41.9 Å². The largest absolute Gasteiger partial charge is 0.445 e. The van der Waals surface area contributed by atoms with Crippen LogP contribution in [-0.2, 0) is 20.9 Å². The number of amides is 3. The van der Waals surface area contributed by atoms with E-state index in [1.165, 1.54) is 0 Å². The van der Waals surface area contributed by atoms with Gasteiger partial charge in [-0.25, -0.2) is 4.79 Å². The Balaban J connectivity index is 1.60. The highest BCUT2D eigenvalue weighted by atomic mass is 16.5. The van der Waals surface area contributed by atoms with Gasteiger partial charge in [0.25, 0.3) is 0 Å².